The van der Waals surface area contributed by atoms with E-state index in [1.165, 1.54) is 11.6 Å². The van der Waals surface area contributed by atoms with E-state index in [1.807, 2.05) is 35.2 Å². The smallest absolute Gasteiger partial charge is 0.260 e. The SMILES string of the molecule is CC(=O)Nc1ccccc1OCC(=O)N1CCC[C@H](c2nc3ccccc3s2)C1. The molecule has 1 aliphatic rings. The van der Waals surface area contributed by atoms with Crippen LogP contribution in [0.25, 0.3) is 10.2 Å². The van der Waals surface area contributed by atoms with Gasteiger partial charge in [-0.05, 0) is 37.1 Å². The molecule has 29 heavy (non-hydrogen) atoms. The first-order valence-corrected chi connectivity index (χ1v) is 10.5. The zero-order valence-electron chi connectivity index (χ0n) is 16.3. The summed E-state index contributed by atoms with van der Waals surface area (Å²) in [4.78, 5) is 30.7. The highest BCUT2D eigenvalue weighted by Crippen LogP contribution is 2.33. The molecule has 6 nitrogen and oxygen atoms in total. The van der Waals surface area contributed by atoms with Crippen LogP contribution in [0.15, 0.2) is 48.5 Å². The monoisotopic (exact) mass is 409 g/mol. The highest BCUT2D eigenvalue weighted by atomic mass is 32.1. The van der Waals surface area contributed by atoms with Crippen LogP contribution in [0, 0.1) is 0 Å². The highest BCUT2D eigenvalue weighted by molar-refractivity contribution is 7.18. The molecule has 2 heterocycles. The van der Waals surface area contributed by atoms with E-state index in [1.54, 1.807) is 23.5 Å². The molecule has 3 aromatic rings. The standard InChI is InChI=1S/C22H23N3O3S/c1-15(26)23-17-8-2-4-10-19(17)28-14-21(27)25-12-6-7-16(13-25)22-24-18-9-3-5-11-20(18)29-22/h2-5,8-11,16H,6-7,12-14H2,1H3,(H,23,26)/t16-/m0/s1. The second-order valence-electron chi connectivity index (χ2n) is 7.16. The number of para-hydroxylation sites is 3. The second kappa shape index (κ2) is 8.61. The second-order valence-corrected chi connectivity index (χ2v) is 8.23. The lowest BCUT2D eigenvalue weighted by molar-refractivity contribution is -0.134. The van der Waals surface area contributed by atoms with Crippen LogP contribution in [-0.2, 0) is 9.59 Å². The summed E-state index contributed by atoms with van der Waals surface area (Å²) in [5, 5.41) is 3.82. The first-order chi connectivity index (χ1) is 14.1. The molecule has 1 fully saturated rings. The molecule has 0 unspecified atom stereocenters. The Bertz CT molecular complexity index is 1000. The number of likely N-dealkylation sites (tertiary alicyclic amines) is 1. The summed E-state index contributed by atoms with van der Waals surface area (Å²) in [5.74, 6) is 0.531. The number of anilines is 1. The third kappa shape index (κ3) is 4.56. The molecule has 0 bridgehead atoms. The number of benzene rings is 2. The number of piperidine rings is 1. The molecule has 0 radical (unpaired) electrons. The van der Waals surface area contributed by atoms with Gasteiger partial charge in [-0.2, -0.15) is 0 Å². The minimum Gasteiger partial charge on any atom is -0.482 e. The summed E-state index contributed by atoms with van der Waals surface area (Å²) >= 11 is 1.71. The average Bonchev–Trinajstić information content (AvgIpc) is 3.17. The average molecular weight is 410 g/mol. The van der Waals surface area contributed by atoms with Crippen LogP contribution in [0.1, 0.15) is 30.7 Å². The summed E-state index contributed by atoms with van der Waals surface area (Å²) in [7, 11) is 0. The van der Waals surface area contributed by atoms with E-state index in [4.69, 9.17) is 9.72 Å². The maximum atomic E-state index is 12.8. The first-order valence-electron chi connectivity index (χ1n) is 9.73. The summed E-state index contributed by atoms with van der Waals surface area (Å²) in [5.41, 5.74) is 1.59. The molecule has 1 atom stereocenters. The molecule has 7 heteroatoms. The molecule has 4 rings (SSSR count). The molecule has 2 aromatic carbocycles. The van der Waals surface area contributed by atoms with Gasteiger partial charge in [0.15, 0.2) is 6.61 Å². The number of ether oxygens (including phenoxy) is 1. The van der Waals surface area contributed by atoms with Crippen molar-refractivity contribution in [3.8, 4) is 5.75 Å². The molecular formula is C22H23N3O3S. The third-order valence-corrected chi connectivity index (χ3v) is 6.18. The van der Waals surface area contributed by atoms with E-state index in [0.29, 0.717) is 18.0 Å². The third-order valence-electron chi connectivity index (χ3n) is 4.98. The molecule has 0 spiro atoms. The quantitative estimate of drug-likeness (QED) is 0.690. The number of thiazole rings is 1. The van der Waals surface area contributed by atoms with Crippen LogP contribution < -0.4 is 10.1 Å². The molecule has 1 N–H and O–H groups in total. The Morgan fingerprint density at radius 2 is 2.00 bits per heavy atom. The van der Waals surface area contributed by atoms with Crippen LogP contribution in [0.4, 0.5) is 5.69 Å². The van der Waals surface area contributed by atoms with E-state index in [9.17, 15) is 9.59 Å². The molecular weight excluding hydrogens is 386 g/mol. The Balaban J connectivity index is 1.40. The maximum absolute atomic E-state index is 12.8. The lowest BCUT2D eigenvalue weighted by atomic mass is 9.99. The van der Waals surface area contributed by atoms with Crippen molar-refractivity contribution < 1.29 is 14.3 Å². The maximum Gasteiger partial charge on any atom is 0.260 e. The Morgan fingerprint density at radius 1 is 1.21 bits per heavy atom. The molecule has 0 saturated carbocycles. The van der Waals surface area contributed by atoms with Crippen molar-refractivity contribution in [2.24, 2.45) is 0 Å². The van der Waals surface area contributed by atoms with Gasteiger partial charge in [0.2, 0.25) is 5.91 Å². The van der Waals surface area contributed by atoms with Gasteiger partial charge in [-0.1, -0.05) is 24.3 Å². The van der Waals surface area contributed by atoms with Crippen LogP contribution in [0.3, 0.4) is 0 Å². The topological polar surface area (TPSA) is 71.5 Å². The molecule has 0 aliphatic carbocycles. The number of nitrogens with one attached hydrogen (secondary N) is 1. The molecule has 2 amide bonds. The first kappa shape index (κ1) is 19.4. The Hall–Kier alpha value is -2.93. The number of nitrogens with zero attached hydrogens (tertiary/aromatic N) is 2. The lowest BCUT2D eigenvalue weighted by Gasteiger charge is -2.31. The largest absolute Gasteiger partial charge is 0.482 e. The van der Waals surface area contributed by atoms with Crippen molar-refractivity contribution in [3.05, 3.63) is 53.5 Å². The van der Waals surface area contributed by atoms with Gasteiger partial charge in [-0.25, -0.2) is 4.98 Å². The fourth-order valence-corrected chi connectivity index (χ4v) is 4.68. The van der Waals surface area contributed by atoms with Gasteiger partial charge in [-0.15, -0.1) is 11.3 Å². The van der Waals surface area contributed by atoms with E-state index in [2.05, 4.69) is 11.4 Å². The molecule has 1 aliphatic heterocycles. The van der Waals surface area contributed by atoms with Crippen molar-refractivity contribution >= 4 is 39.1 Å². The summed E-state index contributed by atoms with van der Waals surface area (Å²) in [6, 6.07) is 15.3. The predicted molar refractivity (Wildman–Crippen MR) is 114 cm³/mol. The molecule has 1 saturated heterocycles. The van der Waals surface area contributed by atoms with Crippen molar-refractivity contribution in [2.45, 2.75) is 25.7 Å². The number of carbonyl (C=O) groups is 2. The number of amides is 2. The van der Waals surface area contributed by atoms with Gasteiger partial charge >= 0.3 is 0 Å². The Labute approximate surface area is 173 Å². The highest BCUT2D eigenvalue weighted by Gasteiger charge is 2.27. The van der Waals surface area contributed by atoms with Gasteiger partial charge in [0.1, 0.15) is 5.75 Å². The number of hydrogen-bond donors (Lipinski definition) is 1. The number of aromatic nitrogens is 1. The van der Waals surface area contributed by atoms with Gasteiger partial charge in [0.25, 0.3) is 5.91 Å². The van der Waals surface area contributed by atoms with Gasteiger partial charge in [0, 0.05) is 25.9 Å². The fraction of sp³-hybridized carbons (Fsp3) is 0.318. The minimum absolute atomic E-state index is 0.0477. The normalized spacial score (nSPS) is 16.6. The van der Waals surface area contributed by atoms with Crippen LogP contribution in [-0.4, -0.2) is 41.4 Å². The Morgan fingerprint density at radius 3 is 2.83 bits per heavy atom. The number of fused-ring (bicyclic) bond motifs is 1. The zero-order valence-corrected chi connectivity index (χ0v) is 17.1. The van der Waals surface area contributed by atoms with E-state index in [0.717, 1.165) is 29.9 Å². The van der Waals surface area contributed by atoms with Crippen molar-refractivity contribution in [2.75, 3.05) is 25.0 Å². The summed E-state index contributed by atoms with van der Waals surface area (Å²) in [6.45, 7) is 2.79. The van der Waals surface area contributed by atoms with Crippen molar-refractivity contribution in [3.63, 3.8) is 0 Å². The summed E-state index contributed by atoms with van der Waals surface area (Å²) < 4.78 is 6.91. The zero-order chi connectivity index (χ0) is 20.2. The van der Waals surface area contributed by atoms with E-state index in [-0.39, 0.29) is 24.3 Å². The minimum atomic E-state index is -0.179. The van der Waals surface area contributed by atoms with Gasteiger partial charge < -0.3 is 15.0 Å². The summed E-state index contributed by atoms with van der Waals surface area (Å²) in [6.07, 6.45) is 1.99. The van der Waals surface area contributed by atoms with E-state index >= 15 is 0 Å². The molecule has 1 aromatic heterocycles. The van der Waals surface area contributed by atoms with Crippen molar-refractivity contribution in [1.82, 2.24) is 9.88 Å². The fourth-order valence-electron chi connectivity index (χ4n) is 3.59. The predicted octanol–water partition coefficient (Wildman–Crippen LogP) is 4.04. The van der Waals surface area contributed by atoms with Crippen LogP contribution in [0.2, 0.25) is 0 Å². The van der Waals surface area contributed by atoms with Crippen LogP contribution >= 0.6 is 11.3 Å². The number of carbonyl (C=O) groups excluding carboxylic acids is 2. The van der Waals surface area contributed by atoms with Crippen LogP contribution in [0.5, 0.6) is 5.75 Å². The van der Waals surface area contributed by atoms with Crippen molar-refractivity contribution in [1.29, 1.82) is 0 Å². The van der Waals surface area contributed by atoms with Gasteiger partial charge in [0.05, 0.1) is 20.9 Å². The van der Waals surface area contributed by atoms with Gasteiger partial charge in [-0.3, -0.25) is 9.59 Å². The van der Waals surface area contributed by atoms with E-state index < -0.39 is 0 Å². The molecule has 150 valence electrons. The number of hydrogen-bond acceptors (Lipinski definition) is 5. The number of rotatable bonds is 5. The Kier molecular flexibility index (Phi) is 5.76. The lowest BCUT2D eigenvalue weighted by Crippen LogP contribution is -2.41.